The molecule has 2 rings (SSSR count). The first-order chi connectivity index (χ1) is 6.77. The van der Waals surface area contributed by atoms with Gasteiger partial charge in [0.2, 0.25) is 0 Å². The Labute approximate surface area is 82.1 Å². The predicted octanol–water partition coefficient (Wildman–Crippen LogP) is 2.45. The number of nitrogens with one attached hydrogen (secondary N) is 1. The van der Waals surface area contributed by atoms with Crippen molar-refractivity contribution in [3.05, 3.63) is 35.6 Å². The van der Waals surface area contributed by atoms with E-state index in [1.807, 2.05) is 0 Å². The maximum absolute atomic E-state index is 13.8. The summed E-state index contributed by atoms with van der Waals surface area (Å²) in [5.41, 5.74) is 0.457. The van der Waals surface area contributed by atoms with Crippen LogP contribution < -0.4 is 5.32 Å². The number of benzene rings is 1. The monoisotopic (exact) mass is 197 g/mol. The molecule has 1 nitrogen and oxygen atoms in total. The van der Waals surface area contributed by atoms with E-state index < -0.39 is 6.17 Å². The molecule has 1 aromatic carbocycles. The molecule has 0 amide bonds. The molecule has 0 bridgehead atoms. The molecule has 1 heterocycles. The molecule has 0 radical (unpaired) electrons. The van der Waals surface area contributed by atoms with Crippen molar-refractivity contribution in [2.24, 2.45) is 5.92 Å². The SMILES string of the molecule is Fc1cccc(C(F)C2CCNC2)c1. The van der Waals surface area contributed by atoms with Gasteiger partial charge in [0.05, 0.1) is 0 Å². The topological polar surface area (TPSA) is 12.0 Å². The predicted molar refractivity (Wildman–Crippen MR) is 51.2 cm³/mol. The molecule has 0 aromatic heterocycles. The van der Waals surface area contributed by atoms with Crippen LogP contribution in [0.25, 0.3) is 0 Å². The highest BCUT2D eigenvalue weighted by Gasteiger charge is 2.25. The van der Waals surface area contributed by atoms with Gasteiger partial charge in [0.15, 0.2) is 0 Å². The molecule has 1 saturated heterocycles. The highest BCUT2D eigenvalue weighted by Crippen LogP contribution is 2.30. The van der Waals surface area contributed by atoms with Crippen LogP contribution in [-0.2, 0) is 0 Å². The van der Waals surface area contributed by atoms with E-state index in [-0.39, 0.29) is 11.7 Å². The lowest BCUT2D eigenvalue weighted by Crippen LogP contribution is -2.13. The van der Waals surface area contributed by atoms with Gasteiger partial charge >= 0.3 is 0 Å². The van der Waals surface area contributed by atoms with E-state index in [1.165, 1.54) is 12.1 Å². The normalized spacial score (nSPS) is 23.7. The summed E-state index contributed by atoms with van der Waals surface area (Å²) in [5.74, 6) is -0.368. The Balaban J connectivity index is 2.13. The minimum atomic E-state index is -1.04. The Morgan fingerprint density at radius 3 is 2.93 bits per heavy atom. The molecule has 3 heteroatoms. The van der Waals surface area contributed by atoms with E-state index in [4.69, 9.17) is 0 Å². The van der Waals surface area contributed by atoms with Crippen molar-refractivity contribution in [2.45, 2.75) is 12.6 Å². The fourth-order valence-corrected chi connectivity index (χ4v) is 1.88. The van der Waals surface area contributed by atoms with Crippen molar-refractivity contribution >= 4 is 0 Å². The third kappa shape index (κ3) is 1.93. The molecule has 2 unspecified atom stereocenters. The second-order valence-electron chi connectivity index (χ2n) is 3.71. The van der Waals surface area contributed by atoms with Crippen LogP contribution in [0.15, 0.2) is 24.3 Å². The molecule has 14 heavy (non-hydrogen) atoms. The molecule has 0 spiro atoms. The summed E-state index contributed by atoms with van der Waals surface area (Å²) in [5, 5.41) is 3.10. The highest BCUT2D eigenvalue weighted by atomic mass is 19.1. The summed E-state index contributed by atoms with van der Waals surface area (Å²) < 4.78 is 26.6. The van der Waals surface area contributed by atoms with E-state index in [1.54, 1.807) is 12.1 Å². The van der Waals surface area contributed by atoms with Crippen LogP contribution in [0.5, 0.6) is 0 Å². The molecule has 1 fully saturated rings. The molecule has 1 N–H and O–H groups in total. The van der Waals surface area contributed by atoms with Crippen LogP contribution in [-0.4, -0.2) is 13.1 Å². The Morgan fingerprint density at radius 2 is 2.29 bits per heavy atom. The van der Waals surface area contributed by atoms with Gasteiger partial charge < -0.3 is 5.32 Å². The van der Waals surface area contributed by atoms with Crippen LogP contribution in [0.3, 0.4) is 0 Å². The Morgan fingerprint density at radius 1 is 1.43 bits per heavy atom. The van der Waals surface area contributed by atoms with Gasteiger partial charge in [-0.15, -0.1) is 0 Å². The molecule has 1 aliphatic heterocycles. The third-order valence-corrected chi connectivity index (χ3v) is 2.68. The highest BCUT2D eigenvalue weighted by molar-refractivity contribution is 5.19. The average Bonchev–Trinajstić information content (AvgIpc) is 2.69. The van der Waals surface area contributed by atoms with Crippen LogP contribution in [0.2, 0.25) is 0 Å². The number of hydrogen-bond donors (Lipinski definition) is 1. The van der Waals surface area contributed by atoms with Gasteiger partial charge in [-0.05, 0) is 30.7 Å². The first-order valence-electron chi connectivity index (χ1n) is 4.87. The van der Waals surface area contributed by atoms with E-state index in [2.05, 4.69) is 5.32 Å². The standard InChI is InChI=1S/C11H13F2N/c12-10-3-1-2-8(6-10)11(13)9-4-5-14-7-9/h1-3,6,9,11,14H,4-5,7H2. The molecule has 76 valence electrons. The van der Waals surface area contributed by atoms with Gasteiger partial charge in [-0.25, -0.2) is 8.78 Å². The zero-order chi connectivity index (χ0) is 9.97. The Bertz CT molecular complexity index is 308. The van der Waals surface area contributed by atoms with E-state index in [9.17, 15) is 8.78 Å². The first kappa shape index (κ1) is 9.59. The van der Waals surface area contributed by atoms with Crippen molar-refractivity contribution in [3.63, 3.8) is 0 Å². The molecular formula is C11H13F2N. The zero-order valence-electron chi connectivity index (χ0n) is 7.84. The smallest absolute Gasteiger partial charge is 0.129 e. The van der Waals surface area contributed by atoms with Crippen molar-refractivity contribution < 1.29 is 8.78 Å². The summed E-state index contributed by atoms with van der Waals surface area (Å²) in [6.45, 7) is 1.55. The molecule has 1 aromatic rings. The van der Waals surface area contributed by atoms with Crippen LogP contribution >= 0.6 is 0 Å². The van der Waals surface area contributed by atoms with Crippen LogP contribution in [0.4, 0.5) is 8.78 Å². The van der Waals surface area contributed by atoms with E-state index >= 15 is 0 Å². The Hall–Kier alpha value is -0.960. The maximum Gasteiger partial charge on any atom is 0.129 e. The lowest BCUT2D eigenvalue weighted by Gasteiger charge is -2.14. The summed E-state index contributed by atoms with van der Waals surface area (Å²) >= 11 is 0. The fraction of sp³-hybridized carbons (Fsp3) is 0.455. The number of alkyl halides is 1. The second-order valence-corrected chi connectivity index (χ2v) is 3.71. The lowest BCUT2D eigenvalue weighted by molar-refractivity contribution is 0.245. The van der Waals surface area contributed by atoms with E-state index in [0.29, 0.717) is 12.1 Å². The molecular weight excluding hydrogens is 184 g/mol. The van der Waals surface area contributed by atoms with Crippen molar-refractivity contribution in [3.8, 4) is 0 Å². The second kappa shape index (κ2) is 4.05. The fourth-order valence-electron chi connectivity index (χ4n) is 1.88. The van der Waals surface area contributed by atoms with Gasteiger partial charge in [-0.3, -0.25) is 0 Å². The van der Waals surface area contributed by atoms with Crippen LogP contribution in [0, 0.1) is 11.7 Å². The lowest BCUT2D eigenvalue weighted by atomic mass is 9.96. The molecule has 0 aliphatic carbocycles. The summed E-state index contributed by atoms with van der Waals surface area (Å²) in [6, 6.07) is 5.82. The zero-order valence-corrected chi connectivity index (χ0v) is 7.84. The summed E-state index contributed by atoms with van der Waals surface area (Å²) in [6.07, 6.45) is -0.210. The largest absolute Gasteiger partial charge is 0.316 e. The number of rotatable bonds is 2. The van der Waals surface area contributed by atoms with Crippen LogP contribution in [0.1, 0.15) is 18.2 Å². The van der Waals surface area contributed by atoms with Gasteiger partial charge in [0.25, 0.3) is 0 Å². The Kier molecular flexibility index (Phi) is 2.77. The summed E-state index contributed by atoms with van der Waals surface area (Å²) in [7, 11) is 0. The summed E-state index contributed by atoms with van der Waals surface area (Å²) in [4.78, 5) is 0. The molecule has 1 aliphatic rings. The number of hydrogen-bond acceptors (Lipinski definition) is 1. The minimum absolute atomic E-state index is 0.00296. The van der Waals surface area contributed by atoms with Gasteiger partial charge in [0, 0.05) is 12.5 Å². The van der Waals surface area contributed by atoms with Crippen molar-refractivity contribution in [1.82, 2.24) is 5.32 Å². The van der Waals surface area contributed by atoms with Gasteiger partial charge in [-0.2, -0.15) is 0 Å². The van der Waals surface area contributed by atoms with Gasteiger partial charge in [0.1, 0.15) is 12.0 Å². The number of halogens is 2. The molecule has 0 saturated carbocycles. The van der Waals surface area contributed by atoms with Crippen molar-refractivity contribution in [2.75, 3.05) is 13.1 Å². The van der Waals surface area contributed by atoms with Crippen molar-refractivity contribution in [1.29, 1.82) is 0 Å². The molecule has 2 atom stereocenters. The third-order valence-electron chi connectivity index (χ3n) is 2.68. The first-order valence-corrected chi connectivity index (χ1v) is 4.87. The maximum atomic E-state index is 13.8. The van der Waals surface area contributed by atoms with E-state index in [0.717, 1.165) is 13.0 Å². The average molecular weight is 197 g/mol. The quantitative estimate of drug-likeness (QED) is 0.767. The van der Waals surface area contributed by atoms with Gasteiger partial charge in [-0.1, -0.05) is 12.1 Å². The minimum Gasteiger partial charge on any atom is -0.316 e.